The average Bonchev–Trinajstić information content (AvgIpc) is 2.04. The molecule has 1 rings (SSSR count). The molecule has 0 bridgehead atoms. The molecule has 3 heteroatoms. The standard InChI is InChI=1S/C10H17ClO2/c1-10(6-3-2-4-7-10)13-9(12)5-8-11/h2-8H2,1H3. The molecule has 0 saturated heterocycles. The van der Waals surface area contributed by atoms with Crippen LogP contribution in [0.3, 0.4) is 0 Å². The fraction of sp³-hybridized carbons (Fsp3) is 0.900. The van der Waals surface area contributed by atoms with E-state index in [1.807, 2.05) is 6.92 Å². The lowest BCUT2D eigenvalue weighted by atomic mass is 9.86. The summed E-state index contributed by atoms with van der Waals surface area (Å²) in [4.78, 5) is 11.2. The molecule has 0 aromatic carbocycles. The number of esters is 1. The summed E-state index contributed by atoms with van der Waals surface area (Å²) in [5.41, 5.74) is -0.207. The number of rotatable bonds is 3. The van der Waals surface area contributed by atoms with E-state index in [0.29, 0.717) is 12.3 Å². The lowest BCUT2D eigenvalue weighted by Gasteiger charge is -2.33. The Bertz CT molecular complexity index is 174. The summed E-state index contributed by atoms with van der Waals surface area (Å²) in [5, 5.41) is 0. The Labute approximate surface area is 84.6 Å². The van der Waals surface area contributed by atoms with Gasteiger partial charge in [-0.1, -0.05) is 6.42 Å². The maximum atomic E-state index is 11.2. The molecule has 1 saturated carbocycles. The van der Waals surface area contributed by atoms with Crippen LogP contribution >= 0.6 is 11.6 Å². The minimum Gasteiger partial charge on any atom is -0.459 e. The second-order valence-corrected chi connectivity index (χ2v) is 4.30. The number of carbonyl (C=O) groups is 1. The van der Waals surface area contributed by atoms with Crippen LogP contribution in [0, 0.1) is 0 Å². The summed E-state index contributed by atoms with van der Waals surface area (Å²) in [6.07, 6.45) is 5.94. The fourth-order valence-corrected chi connectivity index (χ4v) is 1.96. The van der Waals surface area contributed by atoms with Crippen LogP contribution in [0.15, 0.2) is 0 Å². The van der Waals surface area contributed by atoms with Crippen molar-refractivity contribution in [3.63, 3.8) is 0 Å². The Hall–Kier alpha value is -0.240. The van der Waals surface area contributed by atoms with Gasteiger partial charge >= 0.3 is 5.97 Å². The molecule has 0 spiro atoms. The van der Waals surface area contributed by atoms with E-state index in [1.54, 1.807) is 0 Å². The van der Waals surface area contributed by atoms with Gasteiger partial charge < -0.3 is 4.74 Å². The molecule has 1 aliphatic rings. The first-order valence-corrected chi connectivity index (χ1v) is 5.47. The van der Waals surface area contributed by atoms with E-state index in [4.69, 9.17) is 16.3 Å². The Kier molecular flexibility index (Phi) is 4.04. The minimum atomic E-state index is -0.207. The average molecular weight is 205 g/mol. The van der Waals surface area contributed by atoms with Crippen LogP contribution in [0.25, 0.3) is 0 Å². The van der Waals surface area contributed by atoms with E-state index in [1.165, 1.54) is 19.3 Å². The highest BCUT2D eigenvalue weighted by atomic mass is 35.5. The normalized spacial score (nSPS) is 21.1. The second kappa shape index (κ2) is 4.85. The van der Waals surface area contributed by atoms with E-state index in [-0.39, 0.29) is 11.6 Å². The quantitative estimate of drug-likeness (QED) is 0.522. The van der Waals surface area contributed by atoms with Gasteiger partial charge in [0.25, 0.3) is 0 Å². The van der Waals surface area contributed by atoms with Crippen molar-refractivity contribution in [3.05, 3.63) is 0 Å². The van der Waals surface area contributed by atoms with Gasteiger partial charge in [-0.3, -0.25) is 4.79 Å². The van der Waals surface area contributed by atoms with Gasteiger partial charge in [-0.05, 0) is 32.6 Å². The monoisotopic (exact) mass is 204 g/mol. The van der Waals surface area contributed by atoms with Crippen LogP contribution in [0.4, 0.5) is 0 Å². The third kappa shape index (κ3) is 3.55. The second-order valence-electron chi connectivity index (χ2n) is 3.92. The van der Waals surface area contributed by atoms with Gasteiger partial charge in [-0.25, -0.2) is 0 Å². The Balaban J connectivity index is 2.36. The van der Waals surface area contributed by atoms with Gasteiger partial charge in [-0.15, -0.1) is 11.6 Å². The molecule has 76 valence electrons. The summed E-state index contributed by atoms with van der Waals surface area (Å²) in [6.45, 7) is 2.03. The topological polar surface area (TPSA) is 26.3 Å². The number of hydrogen-bond acceptors (Lipinski definition) is 2. The maximum absolute atomic E-state index is 11.2. The van der Waals surface area contributed by atoms with Gasteiger partial charge in [0.1, 0.15) is 5.60 Å². The molecule has 0 radical (unpaired) electrons. The number of alkyl halides is 1. The van der Waals surface area contributed by atoms with Crippen LogP contribution in [0.2, 0.25) is 0 Å². The van der Waals surface area contributed by atoms with Crippen LogP contribution < -0.4 is 0 Å². The maximum Gasteiger partial charge on any atom is 0.307 e. The highest BCUT2D eigenvalue weighted by Gasteiger charge is 2.30. The number of hydrogen-bond donors (Lipinski definition) is 0. The van der Waals surface area contributed by atoms with Crippen LogP contribution in [0.5, 0.6) is 0 Å². The van der Waals surface area contributed by atoms with Crippen LogP contribution in [0.1, 0.15) is 45.4 Å². The molecule has 0 N–H and O–H groups in total. The molecule has 0 amide bonds. The number of ether oxygens (including phenoxy) is 1. The van der Waals surface area contributed by atoms with Crippen molar-refractivity contribution in [3.8, 4) is 0 Å². The SMILES string of the molecule is CC1(OC(=O)CCCl)CCCCC1. The van der Waals surface area contributed by atoms with Crippen molar-refractivity contribution in [2.45, 2.75) is 51.0 Å². The van der Waals surface area contributed by atoms with E-state index in [2.05, 4.69) is 0 Å². The summed E-state index contributed by atoms with van der Waals surface area (Å²) in [7, 11) is 0. The first-order chi connectivity index (χ1) is 6.16. The largest absolute Gasteiger partial charge is 0.459 e. The molecular formula is C10H17ClO2. The van der Waals surface area contributed by atoms with Gasteiger partial charge in [-0.2, -0.15) is 0 Å². The zero-order chi connectivity index (χ0) is 9.73. The van der Waals surface area contributed by atoms with E-state index in [0.717, 1.165) is 12.8 Å². The molecule has 0 aromatic rings. The Morgan fingerprint density at radius 3 is 2.54 bits per heavy atom. The first-order valence-electron chi connectivity index (χ1n) is 4.94. The van der Waals surface area contributed by atoms with Crippen LogP contribution in [-0.4, -0.2) is 17.5 Å². The highest BCUT2D eigenvalue weighted by molar-refractivity contribution is 6.18. The zero-order valence-corrected chi connectivity index (χ0v) is 8.90. The fourth-order valence-electron chi connectivity index (χ4n) is 1.80. The lowest BCUT2D eigenvalue weighted by molar-refractivity contribution is -0.160. The molecule has 0 unspecified atom stereocenters. The number of halogens is 1. The van der Waals surface area contributed by atoms with Gasteiger partial charge in [0.05, 0.1) is 6.42 Å². The molecule has 1 fully saturated rings. The lowest BCUT2D eigenvalue weighted by Crippen LogP contribution is -2.33. The molecule has 0 atom stereocenters. The third-order valence-electron chi connectivity index (χ3n) is 2.57. The molecule has 0 aliphatic heterocycles. The summed E-state index contributed by atoms with van der Waals surface area (Å²) >= 11 is 5.46. The molecular weight excluding hydrogens is 188 g/mol. The van der Waals surface area contributed by atoms with Crippen LogP contribution in [-0.2, 0) is 9.53 Å². The van der Waals surface area contributed by atoms with Crippen molar-refractivity contribution >= 4 is 17.6 Å². The van der Waals surface area contributed by atoms with E-state index in [9.17, 15) is 4.79 Å². The predicted molar refractivity (Wildman–Crippen MR) is 52.9 cm³/mol. The highest BCUT2D eigenvalue weighted by Crippen LogP contribution is 2.31. The molecule has 1 aliphatic carbocycles. The summed E-state index contributed by atoms with van der Waals surface area (Å²) in [5.74, 6) is 0.203. The van der Waals surface area contributed by atoms with Gasteiger partial charge in [0, 0.05) is 5.88 Å². The molecule has 13 heavy (non-hydrogen) atoms. The number of carbonyl (C=O) groups excluding carboxylic acids is 1. The van der Waals surface area contributed by atoms with Crippen molar-refractivity contribution in [1.29, 1.82) is 0 Å². The molecule has 2 nitrogen and oxygen atoms in total. The van der Waals surface area contributed by atoms with Crippen molar-refractivity contribution < 1.29 is 9.53 Å². The van der Waals surface area contributed by atoms with Gasteiger partial charge in [0.15, 0.2) is 0 Å². The summed E-state index contributed by atoms with van der Waals surface area (Å²) < 4.78 is 5.40. The Morgan fingerprint density at radius 1 is 1.38 bits per heavy atom. The van der Waals surface area contributed by atoms with Gasteiger partial charge in [0.2, 0.25) is 0 Å². The van der Waals surface area contributed by atoms with E-state index < -0.39 is 0 Å². The zero-order valence-electron chi connectivity index (χ0n) is 8.14. The molecule has 0 aromatic heterocycles. The van der Waals surface area contributed by atoms with Crippen molar-refractivity contribution in [1.82, 2.24) is 0 Å². The third-order valence-corrected chi connectivity index (χ3v) is 2.76. The Morgan fingerprint density at radius 2 is 2.00 bits per heavy atom. The van der Waals surface area contributed by atoms with Crippen molar-refractivity contribution in [2.24, 2.45) is 0 Å². The smallest absolute Gasteiger partial charge is 0.307 e. The predicted octanol–water partition coefficient (Wildman–Crippen LogP) is 2.88. The van der Waals surface area contributed by atoms with Crippen molar-refractivity contribution in [2.75, 3.05) is 5.88 Å². The minimum absolute atomic E-state index is 0.153. The molecule has 0 heterocycles. The summed E-state index contributed by atoms with van der Waals surface area (Å²) in [6, 6.07) is 0. The first kappa shape index (κ1) is 10.8. The van der Waals surface area contributed by atoms with E-state index >= 15 is 0 Å².